The average Bonchev–Trinajstić information content (AvgIpc) is 3.27. The highest BCUT2D eigenvalue weighted by Gasteiger charge is 2.18. The van der Waals surface area contributed by atoms with Crippen LogP contribution in [0.4, 0.5) is 10.1 Å². The van der Waals surface area contributed by atoms with Crippen molar-refractivity contribution in [3.8, 4) is 11.3 Å². The minimum atomic E-state index is -0.268. The summed E-state index contributed by atoms with van der Waals surface area (Å²) in [6.07, 6.45) is 5.57. The number of nitrogens with zero attached hydrogens (tertiary/aromatic N) is 4. The van der Waals surface area contributed by atoms with E-state index in [4.69, 9.17) is 0 Å². The van der Waals surface area contributed by atoms with Crippen LogP contribution in [0.5, 0.6) is 0 Å². The van der Waals surface area contributed by atoms with Crippen LogP contribution in [0, 0.1) is 5.82 Å². The molecule has 1 N–H and O–H groups in total. The second-order valence-corrected chi connectivity index (χ2v) is 8.37. The smallest absolute Gasteiger partial charge is 0.155 e. The number of rotatable bonds is 8. The molecule has 0 fully saturated rings. The maximum Gasteiger partial charge on any atom is 0.155 e. The Morgan fingerprint density at radius 2 is 1.79 bits per heavy atom. The first-order chi connectivity index (χ1) is 16.3. The predicted molar refractivity (Wildman–Crippen MR) is 137 cm³/mol. The largest absolute Gasteiger partial charge is 0.361 e. The number of anilines is 1. The van der Waals surface area contributed by atoms with Crippen molar-refractivity contribution in [1.82, 2.24) is 19.5 Å². The Bertz CT molecular complexity index is 1310. The first kappa shape index (κ1) is 23.0. The van der Waals surface area contributed by atoms with Gasteiger partial charge in [-0.25, -0.2) is 13.9 Å². The van der Waals surface area contributed by atoms with Crippen LogP contribution in [0.15, 0.2) is 104 Å². The fourth-order valence-electron chi connectivity index (χ4n) is 3.74. The summed E-state index contributed by atoms with van der Waals surface area (Å²) in [5.74, 6) is -0.268. The SMILES string of the molecule is C=C(/C(C)=C\Nc1ccc(-c2cc3ncccn3n2)cc1)N(C(=C)c1ccc(F)cc1)C(C)C. The van der Waals surface area contributed by atoms with Crippen LogP contribution >= 0.6 is 0 Å². The lowest BCUT2D eigenvalue weighted by atomic mass is 10.1. The fourth-order valence-corrected chi connectivity index (χ4v) is 3.74. The minimum absolute atomic E-state index is 0.132. The topological polar surface area (TPSA) is 45.5 Å². The van der Waals surface area contributed by atoms with E-state index in [1.807, 2.05) is 55.7 Å². The summed E-state index contributed by atoms with van der Waals surface area (Å²) in [6, 6.07) is 18.4. The van der Waals surface area contributed by atoms with Crippen molar-refractivity contribution in [3.63, 3.8) is 0 Å². The van der Waals surface area contributed by atoms with Gasteiger partial charge >= 0.3 is 0 Å². The number of fused-ring (bicyclic) bond motifs is 1. The molecule has 2 aromatic carbocycles. The second-order valence-electron chi connectivity index (χ2n) is 8.37. The van der Waals surface area contributed by atoms with E-state index in [0.29, 0.717) is 0 Å². The highest BCUT2D eigenvalue weighted by atomic mass is 19.1. The minimum Gasteiger partial charge on any atom is -0.361 e. The van der Waals surface area contributed by atoms with Crippen LogP contribution in [0.1, 0.15) is 26.3 Å². The fraction of sp³-hybridized carbons (Fsp3) is 0.143. The number of allylic oxidation sites excluding steroid dienone is 1. The zero-order valence-corrected chi connectivity index (χ0v) is 19.7. The molecule has 172 valence electrons. The van der Waals surface area contributed by atoms with Crippen LogP contribution in [-0.2, 0) is 0 Å². The van der Waals surface area contributed by atoms with E-state index in [1.54, 1.807) is 22.8 Å². The molecule has 0 radical (unpaired) electrons. The van der Waals surface area contributed by atoms with Gasteiger partial charge in [-0.3, -0.25) is 0 Å². The van der Waals surface area contributed by atoms with E-state index in [9.17, 15) is 4.39 Å². The standard InChI is InChI=1S/C28H28FN5/c1-19(2)34(22(5)23-7-11-25(29)12-8-23)21(4)20(3)18-31-26-13-9-24(10-14-26)27-17-28-30-15-6-16-33(28)32-27/h6-19,31H,4-5H2,1-3H3/b20-18-. The molecule has 2 heterocycles. The average molecular weight is 454 g/mol. The molecule has 0 bridgehead atoms. The Morgan fingerprint density at radius 1 is 1.09 bits per heavy atom. The van der Waals surface area contributed by atoms with Gasteiger partial charge in [0.1, 0.15) is 5.82 Å². The highest BCUT2D eigenvalue weighted by Crippen LogP contribution is 2.28. The van der Waals surface area contributed by atoms with E-state index < -0.39 is 0 Å². The van der Waals surface area contributed by atoms with Gasteiger partial charge in [0, 0.05) is 53.3 Å². The zero-order valence-electron chi connectivity index (χ0n) is 19.7. The lowest BCUT2D eigenvalue weighted by Crippen LogP contribution is -2.28. The van der Waals surface area contributed by atoms with Crippen LogP contribution < -0.4 is 5.32 Å². The third-order valence-corrected chi connectivity index (χ3v) is 5.60. The molecule has 0 spiro atoms. The number of benzene rings is 2. The van der Waals surface area contributed by atoms with E-state index in [1.165, 1.54) is 12.1 Å². The van der Waals surface area contributed by atoms with Crippen molar-refractivity contribution in [2.24, 2.45) is 0 Å². The number of aromatic nitrogens is 3. The monoisotopic (exact) mass is 453 g/mol. The van der Waals surface area contributed by atoms with Crippen LogP contribution in [-0.4, -0.2) is 25.5 Å². The summed E-state index contributed by atoms with van der Waals surface area (Å²) in [5.41, 5.74) is 7.08. The number of hydrogen-bond acceptors (Lipinski definition) is 4. The van der Waals surface area contributed by atoms with Crippen molar-refractivity contribution in [2.45, 2.75) is 26.8 Å². The van der Waals surface area contributed by atoms with Gasteiger partial charge in [0.05, 0.1) is 5.69 Å². The molecule has 34 heavy (non-hydrogen) atoms. The molecular weight excluding hydrogens is 425 g/mol. The van der Waals surface area contributed by atoms with Gasteiger partial charge < -0.3 is 10.2 Å². The lowest BCUT2D eigenvalue weighted by Gasteiger charge is -2.33. The summed E-state index contributed by atoms with van der Waals surface area (Å²) in [4.78, 5) is 6.37. The molecule has 0 amide bonds. The zero-order chi connectivity index (χ0) is 24.2. The van der Waals surface area contributed by atoms with Gasteiger partial charge in [-0.05, 0) is 62.2 Å². The Kier molecular flexibility index (Phi) is 6.59. The van der Waals surface area contributed by atoms with Crippen LogP contribution in [0.25, 0.3) is 22.6 Å². The molecule has 4 rings (SSSR count). The van der Waals surface area contributed by atoms with Gasteiger partial charge in [0.15, 0.2) is 5.65 Å². The van der Waals surface area contributed by atoms with Crippen molar-refractivity contribution < 1.29 is 4.39 Å². The Balaban J connectivity index is 1.47. The Labute approximate surface area is 199 Å². The molecule has 0 atom stereocenters. The third-order valence-electron chi connectivity index (χ3n) is 5.60. The summed E-state index contributed by atoms with van der Waals surface area (Å²) >= 11 is 0. The van der Waals surface area contributed by atoms with Gasteiger partial charge in [-0.2, -0.15) is 5.10 Å². The normalized spacial score (nSPS) is 11.6. The van der Waals surface area contributed by atoms with Gasteiger partial charge in [0.25, 0.3) is 0 Å². The number of halogens is 1. The van der Waals surface area contributed by atoms with Gasteiger partial charge in [-0.15, -0.1) is 0 Å². The summed E-state index contributed by atoms with van der Waals surface area (Å²) < 4.78 is 15.1. The maximum absolute atomic E-state index is 13.3. The second kappa shape index (κ2) is 9.75. The quantitative estimate of drug-likeness (QED) is 0.300. The molecular formula is C28H28FN5. The van der Waals surface area contributed by atoms with E-state index in [2.05, 4.69) is 47.3 Å². The van der Waals surface area contributed by atoms with Crippen molar-refractivity contribution in [1.29, 1.82) is 0 Å². The van der Waals surface area contributed by atoms with Crippen LogP contribution in [0.3, 0.4) is 0 Å². The summed E-state index contributed by atoms with van der Waals surface area (Å²) in [5, 5.41) is 7.91. The first-order valence-corrected chi connectivity index (χ1v) is 11.1. The maximum atomic E-state index is 13.3. The number of hydrogen-bond donors (Lipinski definition) is 1. The molecule has 6 heteroatoms. The molecule has 4 aromatic rings. The van der Waals surface area contributed by atoms with E-state index in [-0.39, 0.29) is 11.9 Å². The molecule has 0 aliphatic heterocycles. The number of nitrogens with one attached hydrogen (secondary N) is 1. The predicted octanol–water partition coefficient (Wildman–Crippen LogP) is 6.75. The van der Waals surface area contributed by atoms with E-state index >= 15 is 0 Å². The lowest BCUT2D eigenvalue weighted by molar-refractivity contribution is 0.413. The van der Waals surface area contributed by atoms with E-state index in [0.717, 1.165) is 45.1 Å². The van der Waals surface area contributed by atoms with Crippen LogP contribution in [0.2, 0.25) is 0 Å². The molecule has 0 aliphatic rings. The van der Waals surface area contributed by atoms with Crippen molar-refractivity contribution >= 4 is 17.0 Å². The molecule has 0 aliphatic carbocycles. The molecule has 0 saturated heterocycles. The van der Waals surface area contributed by atoms with Gasteiger partial charge in [-0.1, -0.05) is 37.4 Å². The first-order valence-electron chi connectivity index (χ1n) is 11.1. The molecule has 2 aromatic heterocycles. The van der Waals surface area contributed by atoms with Crippen molar-refractivity contribution in [3.05, 3.63) is 115 Å². The Morgan fingerprint density at radius 3 is 2.44 bits per heavy atom. The molecule has 0 unspecified atom stereocenters. The highest BCUT2D eigenvalue weighted by molar-refractivity contribution is 5.67. The summed E-state index contributed by atoms with van der Waals surface area (Å²) in [7, 11) is 0. The Hall–Kier alpha value is -4.19. The third kappa shape index (κ3) is 4.91. The molecule has 0 saturated carbocycles. The van der Waals surface area contributed by atoms with Crippen molar-refractivity contribution in [2.75, 3.05) is 5.32 Å². The van der Waals surface area contributed by atoms with Gasteiger partial charge in [0.2, 0.25) is 0 Å². The summed E-state index contributed by atoms with van der Waals surface area (Å²) in [6.45, 7) is 14.7. The molecule has 5 nitrogen and oxygen atoms in total.